The van der Waals surface area contributed by atoms with Gasteiger partial charge >= 0.3 is 0 Å². The summed E-state index contributed by atoms with van der Waals surface area (Å²) in [6.07, 6.45) is 4.66. The van der Waals surface area contributed by atoms with Gasteiger partial charge in [0, 0.05) is 51.4 Å². The molecule has 0 bridgehead atoms. The zero-order chi connectivity index (χ0) is 18.5. The first-order valence-electron chi connectivity index (χ1n) is 9.23. The number of nitro groups is 1. The number of rotatable bonds is 4. The number of likely N-dealkylation sites (tertiary alicyclic amines) is 1. The number of anilines is 1. The number of benzene rings is 1. The van der Waals surface area contributed by atoms with Crippen molar-refractivity contribution in [1.82, 2.24) is 9.80 Å². The number of carbonyl (C=O) groups is 1. The summed E-state index contributed by atoms with van der Waals surface area (Å²) in [5.74, 6) is 0.230. The zero-order valence-corrected chi connectivity index (χ0v) is 15.7. The molecule has 1 amide bonds. The second-order valence-electron chi connectivity index (χ2n) is 6.95. The van der Waals surface area contributed by atoms with Crippen molar-refractivity contribution in [3.8, 4) is 0 Å². The molecule has 0 aliphatic carbocycles. The van der Waals surface area contributed by atoms with E-state index in [4.69, 9.17) is 11.6 Å². The average molecular weight is 381 g/mol. The predicted octanol–water partition coefficient (Wildman–Crippen LogP) is 2.77. The molecule has 1 aromatic rings. The van der Waals surface area contributed by atoms with Crippen molar-refractivity contribution in [2.24, 2.45) is 0 Å². The molecule has 0 atom stereocenters. The first-order valence-corrected chi connectivity index (χ1v) is 9.61. The van der Waals surface area contributed by atoms with E-state index in [-0.39, 0.29) is 11.6 Å². The summed E-state index contributed by atoms with van der Waals surface area (Å²) in [5, 5.41) is 11.2. The van der Waals surface area contributed by atoms with Gasteiger partial charge in [-0.2, -0.15) is 0 Å². The van der Waals surface area contributed by atoms with Crippen molar-refractivity contribution < 1.29 is 9.72 Å². The minimum Gasteiger partial charge on any atom is -0.368 e. The molecule has 0 aromatic heterocycles. The molecule has 2 saturated heterocycles. The molecule has 142 valence electrons. The largest absolute Gasteiger partial charge is 0.368 e. The second-order valence-corrected chi connectivity index (χ2v) is 7.36. The van der Waals surface area contributed by atoms with Crippen LogP contribution in [0.15, 0.2) is 18.2 Å². The van der Waals surface area contributed by atoms with Crippen LogP contribution in [0.5, 0.6) is 0 Å². The van der Waals surface area contributed by atoms with Gasteiger partial charge in [0.15, 0.2) is 0 Å². The van der Waals surface area contributed by atoms with Gasteiger partial charge in [0.25, 0.3) is 5.69 Å². The molecule has 8 heteroatoms. The Hall–Kier alpha value is -1.86. The van der Waals surface area contributed by atoms with Crippen molar-refractivity contribution in [2.45, 2.75) is 25.7 Å². The number of halogens is 1. The van der Waals surface area contributed by atoms with Crippen molar-refractivity contribution in [2.75, 3.05) is 50.7 Å². The molecule has 2 heterocycles. The molecule has 0 saturated carbocycles. The van der Waals surface area contributed by atoms with Crippen molar-refractivity contribution >= 4 is 28.9 Å². The minimum atomic E-state index is -0.442. The smallest absolute Gasteiger partial charge is 0.271 e. The molecule has 7 nitrogen and oxygen atoms in total. The Morgan fingerprint density at radius 2 is 1.69 bits per heavy atom. The van der Waals surface area contributed by atoms with Crippen LogP contribution < -0.4 is 4.90 Å². The summed E-state index contributed by atoms with van der Waals surface area (Å²) >= 11 is 6.22. The van der Waals surface area contributed by atoms with E-state index < -0.39 is 4.92 Å². The quantitative estimate of drug-likeness (QED) is 0.593. The van der Waals surface area contributed by atoms with E-state index in [1.54, 1.807) is 6.07 Å². The lowest BCUT2D eigenvalue weighted by molar-refractivity contribution is -0.384. The van der Waals surface area contributed by atoms with E-state index in [1.165, 1.54) is 25.0 Å². The molecule has 26 heavy (non-hydrogen) atoms. The maximum absolute atomic E-state index is 12.5. The maximum Gasteiger partial charge on any atom is 0.271 e. The third-order valence-corrected chi connectivity index (χ3v) is 5.48. The topological polar surface area (TPSA) is 69.9 Å². The van der Waals surface area contributed by atoms with Gasteiger partial charge in [0.05, 0.1) is 22.2 Å². The number of nitrogens with zero attached hydrogens (tertiary/aromatic N) is 4. The lowest BCUT2D eigenvalue weighted by Crippen LogP contribution is -2.50. The molecular formula is C18H25ClN4O3. The number of amides is 1. The highest BCUT2D eigenvalue weighted by atomic mass is 35.5. The monoisotopic (exact) mass is 380 g/mol. The Kier molecular flexibility index (Phi) is 6.32. The standard InChI is InChI=1S/C18H25ClN4O3/c19-16-13-15(23(25)26)5-6-17(16)21-11-9-20(10-12-21)14-18(24)22-7-3-1-2-4-8-22/h5-6,13H,1-4,7-12,14H2. The van der Waals surface area contributed by atoms with Crippen LogP contribution in [0.25, 0.3) is 0 Å². The molecular weight excluding hydrogens is 356 g/mol. The second kappa shape index (κ2) is 8.68. The minimum absolute atomic E-state index is 0.000401. The van der Waals surface area contributed by atoms with E-state index in [1.807, 2.05) is 4.90 Å². The molecule has 2 aliphatic rings. The third kappa shape index (κ3) is 4.65. The Bertz CT molecular complexity index is 654. The van der Waals surface area contributed by atoms with Crippen molar-refractivity contribution in [3.05, 3.63) is 33.3 Å². The summed E-state index contributed by atoms with van der Waals surface area (Å²) < 4.78 is 0. The number of nitro benzene ring substituents is 1. The van der Waals surface area contributed by atoms with Gasteiger partial charge in [-0.05, 0) is 18.9 Å². The fourth-order valence-corrected chi connectivity index (χ4v) is 3.92. The molecule has 0 spiro atoms. The molecule has 1 aromatic carbocycles. The predicted molar refractivity (Wildman–Crippen MR) is 102 cm³/mol. The number of hydrogen-bond acceptors (Lipinski definition) is 5. The maximum atomic E-state index is 12.5. The Balaban J connectivity index is 1.52. The fourth-order valence-electron chi connectivity index (χ4n) is 3.62. The SMILES string of the molecule is O=C(CN1CCN(c2ccc([N+](=O)[O-])cc2Cl)CC1)N1CCCCCC1. The van der Waals surface area contributed by atoms with Crippen LogP contribution in [0.3, 0.4) is 0 Å². The molecule has 0 unspecified atom stereocenters. The number of non-ortho nitro benzene ring substituents is 1. The normalized spacial score (nSPS) is 19.3. The molecule has 2 aliphatic heterocycles. The lowest BCUT2D eigenvalue weighted by atomic mass is 10.2. The van der Waals surface area contributed by atoms with Crippen LogP contribution in [0, 0.1) is 10.1 Å². The summed E-state index contributed by atoms with van der Waals surface area (Å²) in [5.41, 5.74) is 0.816. The van der Waals surface area contributed by atoms with Gasteiger partial charge in [0.1, 0.15) is 0 Å². The van der Waals surface area contributed by atoms with E-state index in [9.17, 15) is 14.9 Å². The van der Waals surface area contributed by atoms with Crippen LogP contribution in [0.4, 0.5) is 11.4 Å². The summed E-state index contributed by atoms with van der Waals surface area (Å²) in [6, 6.07) is 4.58. The molecule has 0 radical (unpaired) electrons. The van der Waals surface area contributed by atoms with Crippen molar-refractivity contribution in [3.63, 3.8) is 0 Å². The van der Waals surface area contributed by atoms with Crippen molar-refractivity contribution in [1.29, 1.82) is 0 Å². The van der Waals surface area contributed by atoms with Gasteiger partial charge in [0.2, 0.25) is 5.91 Å². The highest BCUT2D eigenvalue weighted by molar-refractivity contribution is 6.33. The summed E-state index contributed by atoms with van der Waals surface area (Å²) in [6.45, 7) is 5.33. The number of hydrogen-bond donors (Lipinski definition) is 0. The first-order chi connectivity index (χ1) is 12.5. The molecule has 2 fully saturated rings. The Labute approximate surface area is 158 Å². The highest BCUT2D eigenvalue weighted by Gasteiger charge is 2.24. The van der Waals surface area contributed by atoms with Crippen LogP contribution in [-0.4, -0.2) is 66.4 Å². The molecule has 0 N–H and O–H groups in total. The third-order valence-electron chi connectivity index (χ3n) is 5.17. The average Bonchev–Trinajstić information content (AvgIpc) is 2.92. The summed E-state index contributed by atoms with van der Waals surface area (Å²) in [7, 11) is 0. The van der Waals surface area contributed by atoms with Crippen LogP contribution >= 0.6 is 11.6 Å². The fraction of sp³-hybridized carbons (Fsp3) is 0.611. The van der Waals surface area contributed by atoms with Crippen LogP contribution in [-0.2, 0) is 4.79 Å². The van der Waals surface area contributed by atoms with Crippen LogP contribution in [0.2, 0.25) is 5.02 Å². The van der Waals surface area contributed by atoms with Gasteiger partial charge in [-0.3, -0.25) is 19.8 Å². The van der Waals surface area contributed by atoms with Gasteiger partial charge in [-0.1, -0.05) is 24.4 Å². The highest BCUT2D eigenvalue weighted by Crippen LogP contribution is 2.30. The lowest BCUT2D eigenvalue weighted by Gasteiger charge is -2.36. The summed E-state index contributed by atoms with van der Waals surface area (Å²) in [4.78, 5) is 29.2. The van der Waals surface area contributed by atoms with E-state index >= 15 is 0 Å². The first kappa shape index (κ1) is 18.9. The Morgan fingerprint density at radius 3 is 2.27 bits per heavy atom. The number of piperazine rings is 1. The van der Waals surface area contributed by atoms with E-state index in [0.717, 1.165) is 57.8 Å². The van der Waals surface area contributed by atoms with E-state index in [2.05, 4.69) is 9.80 Å². The molecule has 3 rings (SSSR count). The Morgan fingerprint density at radius 1 is 1.04 bits per heavy atom. The number of carbonyl (C=O) groups excluding carboxylic acids is 1. The zero-order valence-electron chi connectivity index (χ0n) is 14.9. The van der Waals surface area contributed by atoms with E-state index in [0.29, 0.717) is 11.6 Å². The van der Waals surface area contributed by atoms with Gasteiger partial charge < -0.3 is 9.80 Å². The van der Waals surface area contributed by atoms with Crippen LogP contribution in [0.1, 0.15) is 25.7 Å². The van der Waals surface area contributed by atoms with Gasteiger partial charge in [-0.15, -0.1) is 0 Å². The van der Waals surface area contributed by atoms with Gasteiger partial charge in [-0.25, -0.2) is 0 Å².